The predicted molar refractivity (Wildman–Crippen MR) is 91.5 cm³/mol. The normalized spacial score (nSPS) is 24.3. The predicted octanol–water partition coefficient (Wildman–Crippen LogP) is 2.65. The van der Waals surface area contributed by atoms with E-state index in [1.807, 2.05) is 20.0 Å². The number of piperidine rings is 1. The van der Waals surface area contributed by atoms with E-state index < -0.39 is 0 Å². The summed E-state index contributed by atoms with van der Waals surface area (Å²) in [5.41, 5.74) is 1.55. The molecule has 0 aromatic carbocycles. The summed E-state index contributed by atoms with van der Waals surface area (Å²) in [7, 11) is 1.83. The first-order valence-electron chi connectivity index (χ1n) is 9.19. The Bertz CT molecular complexity index is 531. The molecule has 1 aromatic heterocycles. The zero-order valence-corrected chi connectivity index (χ0v) is 14.6. The zero-order valence-electron chi connectivity index (χ0n) is 14.6. The van der Waals surface area contributed by atoms with Crippen LogP contribution in [0, 0.1) is 6.92 Å². The molecule has 1 aliphatic heterocycles. The van der Waals surface area contributed by atoms with Crippen LogP contribution in [0.3, 0.4) is 0 Å². The first kappa shape index (κ1) is 16.5. The largest absolute Gasteiger partial charge is 0.347 e. The second-order valence-corrected chi connectivity index (χ2v) is 7.25. The summed E-state index contributed by atoms with van der Waals surface area (Å²) in [5, 5.41) is 7.50. The van der Waals surface area contributed by atoms with E-state index in [4.69, 9.17) is 0 Å². The Morgan fingerprint density at radius 2 is 1.91 bits per heavy atom. The highest BCUT2D eigenvalue weighted by atomic mass is 16.2. The van der Waals surface area contributed by atoms with Crippen molar-refractivity contribution < 1.29 is 4.79 Å². The summed E-state index contributed by atoms with van der Waals surface area (Å²) < 4.78 is 1.68. The van der Waals surface area contributed by atoms with Crippen LogP contribution >= 0.6 is 0 Å². The molecule has 0 radical (unpaired) electrons. The van der Waals surface area contributed by atoms with Gasteiger partial charge in [0.25, 0.3) is 5.91 Å². The molecule has 0 bridgehead atoms. The van der Waals surface area contributed by atoms with Crippen molar-refractivity contribution in [3.63, 3.8) is 0 Å². The number of carbonyl (C=O) groups excluding carboxylic acids is 1. The van der Waals surface area contributed by atoms with Crippen LogP contribution in [0.1, 0.15) is 67.5 Å². The van der Waals surface area contributed by atoms with E-state index in [9.17, 15) is 4.79 Å². The van der Waals surface area contributed by atoms with Crippen LogP contribution < -0.4 is 5.32 Å². The maximum absolute atomic E-state index is 12.5. The maximum Gasteiger partial charge on any atom is 0.269 e. The third-order valence-electron chi connectivity index (χ3n) is 5.36. The Kier molecular flexibility index (Phi) is 5.36. The van der Waals surface area contributed by atoms with Gasteiger partial charge in [-0.2, -0.15) is 5.10 Å². The molecule has 1 saturated carbocycles. The number of nitrogens with one attached hydrogen (secondary N) is 1. The minimum absolute atomic E-state index is 0.0146. The SMILES string of the molecule is Cc1cc(C(=O)NC2CCCN(C3CCCCCC3)C2)n(C)n1. The molecule has 23 heavy (non-hydrogen) atoms. The van der Waals surface area contributed by atoms with Gasteiger partial charge in [-0.1, -0.05) is 25.7 Å². The summed E-state index contributed by atoms with van der Waals surface area (Å²) >= 11 is 0. The number of hydrogen-bond acceptors (Lipinski definition) is 3. The molecule has 1 amide bonds. The molecule has 0 spiro atoms. The average Bonchev–Trinajstić information content (AvgIpc) is 2.75. The lowest BCUT2D eigenvalue weighted by atomic mass is 10.00. The van der Waals surface area contributed by atoms with Crippen LogP contribution in [0.2, 0.25) is 0 Å². The minimum atomic E-state index is 0.0146. The van der Waals surface area contributed by atoms with Crippen LogP contribution in [-0.4, -0.2) is 45.8 Å². The minimum Gasteiger partial charge on any atom is -0.347 e. The lowest BCUT2D eigenvalue weighted by molar-refractivity contribution is 0.0852. The fourth-order valence-corrected chi connectivity index (χ4v) is 4.16. The highest BCUT2D eigenvalue weighted by Gasteiger charge is 2.27. The molecule has 5 nitrogen and oxygen atoms in total. The molecule has 1 aliphatic carbocycles. The van der Waals surface area contributed by atoms with Gasteiger partial charge in [-0.05, 0) is 45.2 Å². The maximum atomic E-state index is 12.5. The highest BCUT2D eigenvalue weighted by molar-refractivity contribution is 5.92. The molecule has 1 unspecified atom stereocenters. The van der Waals surface area contributed by atoms with E-state index in [1.54, 1.807) is 4.68 Å². The highest BCUT2D eigenvalue weighted by Crippen LogP contribution is 2.24. The van der Waals surface area contributed by atoms with Gasteiger partial charge in [-0.3, -0.25) is 14.4 Å². The molecule has 5 heteroatoms. The summed E-state index contributed by atoms with van der Waals surface area (Å²) in [4.78, 5) is 15.1. The fraction of sp³-hybridized carbons (Fsp3) is 0.778. The van der Waals surface area contributed by atoms with E-state index in [1.165, 1.54) is 51.5 Å². The quantitative estimate of drug-likeness (QED) is 0.872. The van der Waals surface area contributed by atoms with Gasteiger partial charge in [-0.15, -0.1) is 0 Å². The molecule has 1 N–H and O–H groups in total. The number of likely N-dealkylation sites (tertiary alicyclic amines) is 1. The van der Waals surface area contributed by atoms with Gasteiger partial charge in [-0.25, -0.2) is 0 Å². The average molecular weight is 318 g/mol. The lowest BCUT2D eigenvalue weighted by Crippen LogP contribution is -2.51. The van der Waals surface area contributed by atoms with Gasteiger partial charge in [0.15, 0.2) is 0 Å². The van der Waals surface area contributed by atoms with Crippen molar-refractivity contribution in [3.8, 4) is 0 Å². The number of rotatable bonds is 3. The number of hydrogen-bond donors (Lipinski definition) is 1. The summed E-state index contributed by atoms with van der Waals surface area (Å²) in [6.45, 7) is 4.13. The second kappa shape index (κ2) is 7.47. The van der Waals surface area contributed by atoms with Crippen LogP contribution in [0.4, 0.5) is 0 Å². The van der Waals surface area contributed by atoms with E-state index in [-0.39, 0.29) is 11.9 Å². The lowest BCUT2D eigenvalue weighted by Gasteiger charge is -2.38. The Morgan fingerprint density at radius 3 is 2.57 bits per heavy atom. The molecule has 128 valence electrons. The van der Waals surface area contributed by atoms with E-state index in [0.717, 1.165) is 24.7 Å². The summed E-state index contributed by atoms with van der Waals surface area (Å²) in [6.07, 6.45) is 10.5. The topological polar surface area (TPSA) is 50.2 Å². The van der Waals surface area contributed by atoms with Crippen molar-refractivity contribution in [2.75, 3.05) is 13.1 Å². The molecule has 3 rings (SSSR count). The number of carbonyl (C=O) groups is 1. The third-order valence-corrected chi connectivity index (χ3v) is 5.36. The van der Waals surface area contributed by atoms with Crippen molar-refractivity contribution in [1.29, 1.82) is 0 Å². The molecular formula is C18H30N4O. The van der Waals surface area contributed by atoms with Gasteiger partial charge in [0.05, 0.1) is 5.69 Å². The van der Waals surface area contributed by atoms with Gasteiger partial charge in [0.1, 0.15) is 5.69 Å². The molecule has 1 atom stereocenters. The number of aryl methyl sites for hydroxylation is 2. The van der Waals surface area contributed by atoms with Gasteiger partial charge >= 0.3 is 0 Å². The van der Waals surface area contributed by atoms with Crippen molar-refractivity contribution in [1.82, 2.24) is 20.0 Å². The Labute approximate surface area is 139 Å². The van der Waals surface area contributed by atoms with Crippen LogP contribution in [0.5, 0.6) is 0 Å². The van der Waals surface area contributed by atoms with Crippen LogP contribution in [0.25, 0.3) is 0 Å². The van der Waals surface area contributed by atoms with Crippen molar-refractivity contribution in [2.24, 2.45) is 7.05 Å². The van der Waals surface area contributed by atoms with Crippen molar-refractivity contribution >= 4 is 5.91 Å². The van der Waals surface area contributed by atoms with E-state index in [0.29, 0.717) is 5.69 Å². The molecule has 2 fully saturated rings. The second-order valence-electron chi connectivity index (χ2n) is 7.25. The standard InChI is InChI=1S/C18H30N4O/c1-14-12-17(21(2)20-14)18(23)19-15-8-7-11-22(13-15)16-9-5-3-4-6-10-16/h12,15-16H,3-11,13H2,1-2H3,(H,19,23). The Balaban J connectivity index is 1.57. The molecule has 2 aliphatic rings. The van der Waals surface area contributed by atoms with E-state index >= 15 is 0 Å². The van der Waals surface area contributed by atoms with Gasteiger partial charge in [0.2, 0.25) is 0 Å². The zero-order chi connectivity index (χ0) is 16.2. The number of amides is 1. The Hall–Kier alpha value is -1.36. The van der Waals surface area contributed by atoms with Crippen LogP contribution in [-0.2, 0) is 7.05 Å². The number of aromatic nitrogens is 2. The van der Waals surface area contributed by atoms with Gasteiger partial charge in [0, 0.05) is 25.7 Å². The fourth-order valence-electron chi connectivity index (χ4n) is 4.16. The van der Waals surface area contributed by atoms with Crippen molar-refractivity contribution in [2.45, 2.75) is 70.4 Å². The van der Waals surface area contributed by atoms with Crippen LogP contribution in [0.15, 0.2) is 6.07 Å². The summed E-state index contributed by atoms with van der Waals surface area (Å²) in [5.74, 6) is 0.0146. The first-order chi connectivity index (χ1) is 11.1. The molecule has 1 saturated heterocycles. The molecule has 1 aromatic rings. The number of nitrogens with zero attached hydrogens (tertiary/aromatic N) is 3. The third kappa shape index (κ3) is 4.14. The monoisotopic (exact) mass is 318 g/mol. The van der Waals surface area contributed by atoms with E-state index in [2.05, 4.69) is 15.3 Å². The Morgan fingerprint density at radius 1 is 1.17 bits per heavy atom. The smallest absolute Gasteiger partial charge is 0.269 e. The van der Waals surface area contributed by atoms with Crippen molar-refractivity contribution in [3.05, 3.63) is 17.5 Å². The first-order valence-corrected chi connectivity index (χ1v) is 9.19. The molecule has 2 heterocycles. The summed E-state index contributed by atoms with van der Waals surface area (Å²) in [6, 6.07) is 2.87. The molecular weight excluding hydrogens is 288 g/mol. The van der Waals surface area contributed by atoms with Gasteiger partial charge < -0.3 is 5.32 Å².